The van der Waals surface area contributed by atoms with Crippen LogP contribution in [0, 0.1) is 0 Å². The second-order valence-corrected chi connectivity index (χ2v) is 6.54. The van der Waals surface area contributed by atoms with Gasteiger partial charge < -0.3 is 19.5 Å². The number of benzene rings is 1. The molecule has 0 unspecified atom stereocenters. The molecule has 2 aromatic rings. The lowest BCUT2D eigenvalue weighted by molar-refractivity contribution is 0.0854. The first-order valence-corrected chi connectivity index (χ1v) is 9.25. The molecule has 1 N–H and O–H groups in total. The van der Waals surface area contributed by atoms with E-state index in [9.17, 15) is 4.79 Å². The van der Waals surface area contributed by atoms with Crippen molar-refractivity contribution in [3.63, 3.8) is 0 Å². The van der Waals surface area contributed by atoms with E-state index >= 15 is 0 Å². The molecular formula is C18H22N2O4S. The summed E-state index contributed by atoms with van der Waals surface area (Å²) in [5.41, 5.74) is 1.31. The summed E-state index contributed by atoms with van der Waals surface area (Å²) in [6, 6.07) is 5.65. The van der Waals surface area contributed by atoms with Gasteiger partial charge in [-0.2, -0.15) is 0 Å². The van der Waals surface area contributed by atoms with Crippen LogP contribution in [0.1, 0.15) is 30.3 Å². The molecule has 134 valence electrons. The van der Waals surface area contributed by atoms with Crippen LogP contribution in [0.2, 0.25) is 0 Å². The largest absolute Gasteiger partial charge is 0.493 e. The molecule has 1 fully saturated rings. The molecule has 1 aliphatic heterocycles. The maximum atomic E-state index is 12.2. The van der Waals surface area contributed by atoms with Gasteiger partial charge in [-0.25, -0.2) is 4.98 Å². The number of hydrogen-bond donors (Lipinski definition) is 1. The molecular weight excluding hydrogens is 340 g/mol. The fourth-order valence-corrected chi connectivity index (χ4v) is 3.49. The van der Waals surface area contributed by atoms with Gasteiger partial charge in [0.05, 0.1) is 19.8 Å². The van der Waals surface area contributed by atoms with Crippen LogP contribution in [0.5, 0.6) is 11.5 Å². The van der Waals surface area contributed by atoms with Gasteiger partial charge >= 0.3 is 0 Å². The van der Waals surface area contributed by atoms with E-state index in [-0.39, 0.29) is 12.0 Å². The van der Waals surface area contributed by atoms with Crippen LogP contribution in [-0.2, 0) is 4.74 Å². The summed E-state index contributed by atoms with van der Waals surface area (Å²) in [7, 11) is 1.60. The van der Waals surface area contributed by atoms with Crippen LogP contribution in [0.4, 0.5) is 0 Å². The molecule has 2 heterocycles. The van der Waals surface area contributed by atoms with Crippen molar-refractivity contribution in [3.8, 4) is 22.1 Å². The molecule has 3 rings (SSSR count). The van der Waals surface area contributed by atoms with Crippen LogP contribution >= 0.6 is 11.3 Å². The zero-order valence-corrected chi connectivity index (χ0v) is 15.2. The fraction of sp³-hybridized carbons (Fsp3) is 0.444. The maximum Gasteiger partial charge on any atom is 0.270 e. The van der Waals surface area contributed by atoms with E-state index in [0.717, 1.165) is 30.0 Å². The average Bonchev–Trinajstić information content (AvgIpc) is 3.32. The van der Waals surface area contributed by atoms with E-state index in [0.29, 0.717) is 30.3 Å². The SMILES string of the molecule is CCOc1ccc(-c2nc(C(=O)NC[C@H]3CCCO3)cs2)cc1OC. The minimum absolute atomic E-state index is 0.123. The number of amides is 1. The van der Waals surface area contributed by atoms with Gasteiger partial charge in [0.25, 0.3) is 5.91 Å². The van der Waals surface area contributed by atoms with Gasteiger partial charge in [-0.05, 0) is 38.0 Å². The van der Waals surface area contributed by atoms with E-state index in [2.05, 4.69) is 10.3 Å². The van der Waals surface area contributed by atoms with Crippen LogP contribution in [-0.4, -0.2) is 43.9 Å². The highest BCUT2D eigenvalue weighted by molar-refractivity contribution is 7.13. The molecule has 0 bridgehead atoms. The van der Waals surface area contributed by atoms with Gasteiger partial charge in [0.15, 0.2) is 11.5 Å². The minimum atomic E-state index is -0.170. The Morgan fingerprint density at radius 3 is 3.04 bits per heavy atom. The van der Waals surface area contributed by atoms with Gasteiger partial charge in [-0.3, -0.25) is 4.79 Å². The highest BCUT2D eigenvalue weighted by Gasteiger charge is 2.18. The van der Waals surface area contributed by atoms with Gasteiger partial charge in [-0.1, -0.05) is 0 Å². The van der Waals surface area contributed by atoms with Crippen molar-refractivity contribution in [1.29, 1.82) is 0 Å². The highest BCUT2D eigenvalue weighted by atomic mass is 32.1. The first-order chi connectivity index (χ1) is 12.2. The zero-order chi connectivity index (χ0) is 17.6. The first-order valence-electron chi connectivity index (χ1n) is 8.37. The Bertz CT molecular complexity index is 726. The number of aromatic nitrogens is 1. The van der Waals surface area contributed by atoms with Gasteiger partial charge in [0, 0.05) is 24.1 Å². The Labute approximate surface area is 151 Å². The summed E-state index contributed by atoms with van der Waals surface area (Å²) in [4.78, 5) is 16.7. The van der Waals surface area contributed by atoms with Crippen molar-refractivity contribution >= 4 is 17.2 Å². The minimum Gasteiger partial charge on any atom is -0.493 e. The van der Waals surface area contributed by atoms with Crippen LogP contribution in [0.25, 0.3) is 10.6 Å². The normalized spacial score (nSPS) is 16.6. The summed E-state index contributed by atoms with van der Waals surface area (Å²) < 4.78 is 16.4. The molecule has 0 radical (unpaired) electrons. The molecule has 1 amide bonds. The molecule has 25 heavy (non-hydrogen) atoms. The number of thiazole rings is 1. The number of hydrogen-bond acceptors (Lipinski definition) is 6. The first kappa shape index (κ1) is 17.7. The summed E-state index contributed by atoms with van der Waals surface area (Å²) in [6.07, 6.45) is 2.17. The van der Waals surface area contributed by atoms with Crippen LogP contribution in [0.3, 0.4) is 0 Å². The second kappa shape index (κ2) is 8.31. The van der Waals surface area contributed by atoms with E-state index in [4.69, 9.17) is 14.2 Å². The molecule has 0 spiro atoms. The fourth-order valence-electron chi connectivity index (χ4n) is 2.69. The van der Waals surface area contributed by atoms with Crippen molar-refractivity contribution in [2.75, 3.05) is 26.9 Å². The smallest absolute Gasteiger partial charge is 0.270 e. The summed E-state index contributed by atoms with van der Waals surface area (Å²) in [5.74, 6) is 1.18. The molecule has 0 saturated carbocycles. The molecule has 1 aromatic heterocycles. The highest BCUT2D eigenvalue weighted by Crippen LogP contribution is 2.33. The Hall–Kier alpha value is -2.12. The lowest BCUT2D eigenvalue weighted by Crippen LogP contribution is -2.31. The summed E-state index contributed by atoms with van der Waals surface area (Å²) in [5, 5.41) is 5.42. The van der Waals surface area contributed by atoms with Crippen LogP contribution in [0.15, 0.2) is 23.6 Å². The Kier molecular flexibility index (Phi) is 5.88. The van der Waals surface area contributed by atoms with Gasteiger partial charge in [0.1, 0.15) is 10.7 Å². The van der Waals surface area contributed by atoms with Crippen molar-refractivity contribution in [2.24, 2.45) is 0 Å². The molecule has 0 aliphatic carbocycles. The number of nitrogens with one attached hydrogen (secondary N) is 1. The Balaban J connectivity index is 1.68. The third kappa shape index (κ3) is 4.29. The van der Waals surface area contributed by atoms with Crippen LogP contribution < -0.4 is 14.8 Å². The monoisotopic (exact) mass is 362 g/mol. The number of carbonyl (C=O) groups excluding carboxylic acids is 1. The van der Waals surface area contributed by atoms with Crippen molar-refractivity contribution in [1.82, 2.24) is 10.3 Å². The Morgan fingerprint density at radius 1 is 1.44 bits per heavy atom. The predicted octanol–water partition coefficient (Wildman–Crippen LogP) is 3.13. The number of rotatable bonds is 7. The third-order valence-corrected chi connectivity index (χ3v) is 4.85. The Morgan fingerprint density at radius 2 is 2.32 bits per heavy atom. The number of methoxy groups -OCH3 is 1. The molecule has 1 aromatic carbocycles. The molecule has 1 atom stereocenters. The molecule has 6 nitrogen and oxygen atoms in total. The second-order valence-electron chi connectivity index (χ2n) is 5.68. The van der Waals surface area contributed by atoms with E-state index in [1.807, 2.05) is 25.1 Å². The van der Waals surface area contributed by atoms with E-state index in [1.54, 1.807) is 12.5 Å². The van der Waals surface area contributed by atoms with E-state index in [1.165, 1.54) is 11.3 Å². The quantitative estimate of drug-likeness (QED) is 0.819. The summed E-state index contributed by atoms with van der Waals surface area (Å²) >= 11 is 1.43. The maximum absolute atomic E-state index is 12.2. The number of nitrogens with zero attached hydrogens (tertiary/aromatic N) is 1. The predicted molar refractivity (Wildman–Crippen MR) is 96.6 cm³/mol. The number of carbonyl (C=O) groups is 1. The van der Waals surface area contributed by atoms with Gasteiger partial charge in [-0.15, -0.1) is 11.3 Å². The standard InChI is InChI=1S/C18H22N2O4S/c1-3-23-15-7-6-12(9-16(15)22-2)18-20-14(11-25-18)17(21)19-10-13-5-4-8-24-13/h6-7,9,11,13H,3-5,8,10H2,1-2H3,(H,19,21)/t13-/m1/s1. The van der Waals surface area contributed by atoms with Gasteiger partial charge in [0.2, 0.25) is 0 Å². The molecule has 7 heteroatoms. The zero-order valence-electron chi connectivity index (χ0n) is 14.4. The van der Waals surface area contributed by atoms with Crippen molar-refractivity contribution in [3.05, 3.63) is 29.3 Å². The van der Waals surface area contributed by atoms with Crippen molar-refractivity contribution in [2.45, 2.75) is 25.9 Å². The van der Waals surface area contributed by atoms with E-state index < -0.39 is 0 Å². The lowest BCUT2D eigenvalue weighted by Gasteiger charge is -2.10. The topological polar surface area (TPSA) is 69.7 Å². The average molecular weight is 362 g/mol. The molecule has 1 saturated heterocycles. The lowest BCUT2D eigenvalue weighted by atomic mass is 10.2. The third-order valence-electron chi connectivity index (χ3n) is 3.96. The molecule has 1 aliphatic rings. The number of ether oxygens (including phenoxy) is 3. The van der Waals surface area contributed by atoms with Crippen molar-refractivity contribution < 1.29 is 19.0 Å². The summed E-state index contributed by atoms with van der Waals surface area (Å²) in [6.45, 7) is 3.81.